The molecular formula is C11H16N2O2. The minimum Gasteiger partial charge on any atom is -0.383 e. The van der Waals surface area contributed by atoms with Crippen LogP contribution in [-0.4, -0.2) is 37.6 Å². The number of ether oxygens (including phenoxy) is 1. The number of nitrogens with one attached hydrogen (secondary N) is 1. The molecule has 0 aliphatic heterocycles. The fourth-order valence-electron chi connectivity index (χ4n) is 1.23. The van der Waals surface area contributed by atoms with Gasteiger partial charge in [-0.2, -0.15) is 0 Å². The molecule has 15 heavy (non-hydrogen) atoms. The van der Waals surface area contributed by atoms with Crippen molar-refractivity contribution in [3.63, 3.8) is 0 Å². The molecule has 0 atom stereocenters. The van der Waals surface area contributed by atoms with Crippen LogP contribution in [0.1, 0.15) is 15.9 Å². The first-order valence-corrected chi connectivity index (χ1v) is 4.89. The van der Waals surface area contributed by atoms with E-state index in [1.54, 1.807) is 19.5 Å². The molecule has 0 amide bonds. The van der Waals surface area contributed by atoms with Crippen molar-refractivity contribution in [1.82, 2.24) is 10.3 Å². The Morgan fingerprint density at radius 2 is 2.40 bits per heavy atom. The lowest BCUT2D eigenvalue weighted by atomic mass is 10.1. The number of hydrogen-bond acceptors (Lipinski definition) is 4. The highest BCUT2D eigenvalue weighted by molar-refractivity contribution is 5.98. The average molecular weight is 208 g/mol. The Bertz CT molecular complexity index is 326. The van der Waals surface area contributed by atoms with Gasteiger partial charge in [0.15, 0.2) is 5.78 Å². The van der Waals surface area contributed by atoms with E-state index >= 15 is 0 Å². The van der Waals surface area contributed by atoms with Crippen LogP contribution in [0.25, 0.3) is 0 Å². The highest BCUT2D eigenvalue weighted by atomic mass is 16.5. The van der Waals surface area contributed by atoms with E-state index in [0.717, 1.165) is 5.56 Å². The van der Waals surface area contributed by atoms with Gasteiger partial charge in [-0.05, 0) is 18.6 Å². The number of carbonyl (C=O) groups is 1. The van der Waals surface area contributed by atoms with E-state index in [0.29, 0.717) is 25.3 Å². The maximum Gasteiger partial charge on any atom is 0.178 e. The summed E-state index contributed by atoms with van der Waals surface area (Å²) in [6.45, 7) is 3.53. The smallest absolute Gasteiger partial charge is 0.178 e. The Hall–Kier alpha value is -1.26. The Morgan fingerprint density at radius 3 is 3.07 bits per heavy atom. The van der Waals surface area contributed by atoms with Gasteiger partial charge in [0.2, 0.25) is 0 Å². The molecule has 0 aliphatic rings. The standard InChI is InChI=1S/C11H16N2O2/c1-9-3-4-12-7-10(9)11(14)8-13-5-6-15-2/h3-4,7,13H,5-6,8H2,1-2H3. The van der Waals surface area contributed by atoms with Gasteiger partial charge < -0.3 is 10.1 Å². The van der Waals surface area contributed by atoms with Crippen molar-refractivity contribution >= 4 is 5.78 Å². The monoisotopic (exact) mass is 208 g/mol. The number of hydrogen-bond donors (Lipinski definition) is 1. The fourth-order valence-corrected chi connectivity index (χ4v) is 1.23. The number of nitrogens with zero attached hydrogens (tertiary/aromatic N) is 1. The molecule has 4 nitrogen and oxygen atoms in total. The first-order chi connectivity index (χ1) is 7.25. The number of methoxy groups -OCH3 is 1. The molecule has 1 rings (SSSR count). The molecule has 0 fully saturated rings. The van der Waals surface area contributed by atoms with Crippen molar-refractivity contribution in [2.24, 2.45) is 0 Å². The number of ketones is 1. The third-order valence-electron chi connectivity index (χ3n) is 2.11. The van der Waals surface area contributed by atoms with Crippen LogP contribution in [0.3, 0.4) is 0 Å². The van der Waals surface area contributed by atoms with E-state index in [4.69, 9.17) is 4.74 Å². The van der Waals surface area contributed by atoms with E-state index in [2.05, 4.69) is 10.3 Å². The van der Waals surface area contributed by atoms with Crippen LogP contribution >= 0.6 is 0 Å². The Labute approximate surface area is 89.7 Å². The zero-order valence-electron chi connectivity index (χ0n) is 9.12. The van der Waals surface area contributed by atoms with E-state index < -0.39 is 0 Å². The number of aryl methyl sites for hydroxylation is 1. The molecule has 0 unspecified atom stereocenters. The van der Waals surface area contributed by atoms with E-state index in [1.807, 2.05) is 13.0 Å². The summed E-state index contributed by atoms with van der Waals surface area (Å²) in [5.74, 6) is 0.0664. The third kappa shape index (κ3) is 3.77. The lowest BCUT2D eigenvalue weighted by Crippen LogP contribution is -2.26. The van der Waals surface area contributed by atoms with Gasteiger partial charge in [-0.3, -0.25) is 9.78 Å². The third-order valence-corrected chi connectivity index (χ3v) is 2.11. The minimum absolute atomic E-state index is 0.0664. The minimum atomic E-state index is 0.0664. The molecule has 1 aromatic heterocycles. The van der Waals surface area contributed by atoms with Gasteiger partial charge in [-0.25, -0.2) is 0 Å². The lowest BCUT2D eigenvalue weighted by molar-refractivity contribution is 0.0986. The summed E-state index contributed by atoms with van der Waals surface area (Å²) in [7, 11) is 1.63. The zero-order chi connectivity index (χ0) is 11.1. The summed E-state index contributed by atoms with van der Waals surface area (Å²) in [4.78, 5) is 15.6. The summed E-state index contributed by atoms with van der Waals surface area (Å²) < 4.78 is 4.87. The highest BCUT2D eigenvalue weighted by Gasteiger charge is 2.07. The van der Waals surface area contributed by atoms with Crippen LogP contribution < -0.4 is 5.32 Å². The van der Waals surface area contributed by atoms with Crippen LogP contribution in [0.4, 0.5) is 0 Å². The summed E-state index contributed by atoms with van der Waals surface area (Å²) in [6.07, 6.45) is 3.29. The first-order valence-electron chi connectivity index (χ1n) is 4.89. The largest absolute Gasteiger partial charge is 0.383 e. The van der Waals surface area contributed by atoms with Crippen molar-refractivity contribution in [1.29, 1.82) is 0 Å². The molecule has 0 aliphatic carbocycles. The van der Waals surface area contributed by atoms with Gasteiger partial charge in [0.25, 0.3) is 0 Å². The van der Waals surface area contributed by atoms with Crippen LogP contribution in [-0.2, 0) is 4.74 Å². The van der Waals surface area contributed by atoms with Gasteiger partial charge in [0.05, 0.1) is 13.2 Å². The summed E-state index contributed by atoms with van der Waals surface area (Å²) in [6, 6.07) is 1.84. The molecule has 0 radical (unpaired) electrons. The number of rotatable bonds is 6. The maximum absolute atomic E-state index is 11.7. The normalized spacial score (nSPS) is 10.3. The maximum atomic E-state index is 11.7. The van der Waals surface area contributed by atoms with E-state index in [9.17, 15) is 4.79 Å². The Balaban J connectivity index is 2.44. The van der Waals surface area contributed by atoms with Crippen molar-refractivity contribution in [3.05, 3.63) is 29.6 Å². The quantitative estimate of drug-likeness (QED) is 0.555. The molecule has 1 N–H and O–H groups in total. The van der Waals surface area contributed by atoms with Crippen molar-refractivity contribution in [2.75, 3.05) is 26.8 Å². The molecular weight excluding hydrogens is 192 g/mol. The Morgan fingerprint density at radius 1 is 1.60 bits per heavy atom. The van der Waals surface area contributed by atoms with Gasteiger partial charge in [-0.1, -0.05) is 0 Å². The van der Waals surface area contributed by atoms with E-state index in [-0.39, 0.29) is 5.78 Å². The molecule has 0 spiro atoms. The molecule has 82 valence electrons. The SMILES string of the molecule is COCCNCC(=O)c1cnccc1C. The second-order valence-electron chi connectivity index (χ2n) is 3.28. The van der Waals surface area contributed by atoms with Crippen LogP contribution in [0.5, 0.6) is 0 Å². The highest BCUT2D eigenvalue weighted by Crippen LogP contribution is 2.04. The predicted octanol–water partition coefficient (Wildman–Crippen LogP) is 0.809. The topological polar surface area (TPSA) is 51.2 Å². The van der Waals surface area contributed by atoms with Crippen LogP contribution in [0.15, 0.2) is 18.5 Å². The Kier molecular flexibility index (Phi) is 4.93. The summed E-state index contributed by atoms with van der Waals surface area (Å²) in [5, 5.41) is 3.01. The predicted molar refractivity (Wildman–Crippen MR) is 58.1 cm³/mol. The molecule has 1 heterocycles. The number of carbonyl (C=O) groups excluding carboxylic acids is 1. The van der Waals surface area contributed by atoms with Crippen molar-refractivity contribution < 1.29 is 9.53 Å². The van der Waals surface area contributed by atoms with Crippen molar-refractivity contribution in [2.45, 2.75) is 6.92 Å². The fraction of sp³-hybridized carbons (Fsp3) is 0.455. The molecule has 4 heteroatoms. The second-order valence-corrected chi connectivity index (χ2v) is 3.28. The van der Waals surface area contributed by atoms with Gasteiger partial charge >= 0.3 is 0 Å². The van der Waals surface area contributed by atoms with E-state index in [1.165, 1.54) is 0 Å². The average Bonchev–Trinajstić information content (AvgIpc) is 2.25. The molecule has 0 saturated heterocycles. The molecule has 0 bridgehead atoms. The lowest BCUT2D eigenvalue weighted by Gasteiger charge is -2.05. The second kappa shape index (κ2) is 6.27. The van der Waals surface area contributed by atoms with Crippen molar-refractivity contribution in [3.8, 4) is 0 Å². The zero-order valence-corrected chi connectivity index (χ0v) is 9.12. The first kappa shape index (κ1) is 11.8. The van der Waals surface area contributed by atoms with Crippen LogP contribution in [0, 0.1) is 6.92 Å². The van der Waals surface area contributed by atoms with Gasteiger partial charge in [0.1, 0.15) is 0 Å². The van der Waals surface area contributed by atoms with Crippen LogP contribution in [0.2, 0.25) is 0 Å². The van der Waals surface area contributed by atoms with Gasteiger partial charge in [-0.15, -0.1) is 0 Å². The number of Topliss-reactive ketones (excluding diaryl/α,β-unsaturated/α-hetero) is 1. The molecule has 1 aromatic rings. The van der Waals surface area contributed by atoms with Gasteiger partial charge in [0, 0.05) is 31.6 Å². The summed E-state index contributed by atoms with van der Waals surface area (Å²) in [5.41, 5.74) is 1.64. The number of aromatic nitrogens is 1. The molecule has 0 aromatic carbocycles. The molecule has 0 saturated carbocycles. The summed E-state index contributed by atoms with van der Waals surface area (Å²) >= 11 is 0. The number of pyridine rings is 1.